The van der Waals surface area contributed by atoms with Crippen molar-refractivity contribution in [3.8, 4) is 0 Å². The monoisotopic (exact) mass is 175 g/mol. The number of nitrogens with two attached hydrogens (primary N) is 1. The van der Waals surface area contributed by atoms with E-state index in [2.05, 4.69) is 10.3 Å². The van der Waals surface area contributed by atoms with E-state index in [-0.39, 0.29) is 12.5 Å². The van der Waals surface area contributed by atoms with Crippen molar-refractivity contribution in [1.29, 1.82) is 0 Å². The minimum Gasteiger partial charge on any atom is -0.383 e. The first-order valence-corrected chi connectivity index (χ1v) is 3.96. The fourth-order valence-electron chi connectivity index (χ4n) is 1.25. The maximum absolute atomic E-state index is 11.1. The molecule has 1 amide bonds. The fraction of sp³-hybridized carbons (Fsp3) is 0.111. The van der Waals surface area contributed by atoms with Crippen molar-refractivity contribution >= 4 is 17.4 Å². The van der Waals surface area contributed by atoms with E-state index in [4.69, 9.17) is 5.73 Å². The van der Waals surface area contributed by atoms with Crippen LogP contribution in [0, 0.1) is 0 Å². The van der Waals surface area contributed by atoms with Gasteiger partial charge in [0, 0.05) is 5.56 Å². The highest BCUT2D eigenvalue weighted by atomic mass is 16.1. The van der Waals surface area contributed by atoms with Crippen molar-refractivity contribution in [3.63, 3.8) is 0 Å². The van der Waals surface area contributed by atoms with E-state index >= 15 is 0 Å². The van der Waals surface area contributed by atoms with Crippen molar-refractivity contribution < 1.29 is 4.79 Å². The lowest BCUT2D eigenvalue weighted by Crippen LogP contribution is -2.13. The van der Waals surface area contributed by atoms with Gasteiger partial charge in [-0.2, -0.15) is 0 Å². The van der Waals surface area contributed by atoms with Gasteiger partial charge in [0.2, 0.25) is 5.91 Å². The lowest BCUT2D eigenvalue weighted by atomic mass is 10.1. The van der Waals surface area contributed by atoms with Crippen LogP contribution in [0.4, 0.5) is 5.69 Å². The van der Waals surface area contributed by atoms with Crippen LogP contribution in [0.15, 0.2) is 29.3 Å². The minimum absolute atomic E-state index is 0.0977. The second-order valence-corrected chi connectivity index (χ2v) is 2.80. The van der Waals surface area contributed by atoms with E-state index in [1.807, 2.05) is 18.2 Å². The molecule has 4 heteroatoms. The fourth-order valence-corrected chi connectivity index (χ4v) is 1.25. The highest BCUT2D eigenvalue weighted by Gasteiger charge is 2.12. The average molecular weight is 175 g/mol. The highest BCUT2D eigenvalue weighted by Crippen LogP contribution is 2.16. The zero-order valence-corrected chi connectivity index (χ0v) is 6.95. The minimum atomic E-state index is -0.132. The topological polar surface area (TPSA) is 67.5 Å². The van der Waals surface area contributed by atoms with Crippen LogP contribution in [-0.2, 0) is 4.79 Å². The lowest BCUT2D eigenvalue weighted by molar-refractivity contribution is -0.114. The van der Waals surface area contributed by atoms with Crippen LogP contribution in [0.2, 0.25) is 0 Å². The molecular formula is C9H9N3O. The normalized spacial score (nSPS) is 15.4. The lowest BCUT2D eigenvalue weighted by Gasteiger charge is -2.04. The van der Waals surface area contributed by atoms with Crippen LogP contribution in [0.1, 0.15) is 5.56 Å². The summed E-state index contributed by atoms with van der Waals surface area (Å²) in [5, 5.41) is 2.72. The van der Waals surface area contributed by atoms with Crippen LogP contribution >= 0.6 is 0 Å². The van der Waals surface area contributed by atoms with Gasteiger partial charge in [-0.25, -0.2) is 0 Å². The van der Waals surface area contributed by atoms with E-state index < -0.39 is 0 Å². The molecule has 0 aliphatic carbocycles. The largest absolute Gasteiger partial charge is 0.383 e. The van der Waals surface area contributed by atoms with Crippen LogP contribution in [-0.4, -0.2) is 18.3 Å². The smallest absolute Gasteiger partial charge is 0.246 e. The Bertz CT molecular complexity index is 384. The number of fused-ring (bicyclic) bond motifs is 1. The molecule has 2 rings (SSSR count). The molecule has 1 heterocycles. The summed E-state index contributed by atoms with van der Waals surface area (Å²) in [4.78, 5) is 15.0. The molecule has 0 fully saturated rings. The van der Waals surface area contributed by atoms with Gasteiger partial charge in [0.1, 0.15) is 12.4 Å². The Balaban J connectivity index is 2.55. The molecule has 1 aliphatic heterocycles. The molecule has 0 atom stereocenters. The molecule has 0 radical (unpaired) electrons. The molecule has 66 valence electrons. The molecule has 0 aromatic heterocycles. The second-order valence-electron chi connectivity index (χ2n) is 2.80. The van der Waals surface area contributed by atoms with E-state index in [9.17, 15) is 4.79 Å². The summed E-state index contributed by atoms with van der Waals surface area (Å²) >= 11 is 0. The summed E-state index contributed by atoms with van der Waals surface area (Å²) < 4.78 is 0. The summed E-state index contributed by atoms with van der Waals surface area (Å²) in [6.07, 6.45) is 0. The van der Waals surface area contributed by atoms with Crippen molar-refractivity contribution in [2.75, 3.05) is 11.9 Å². The van der Waals surface area contributed by atoms with Crippen LogP contribution in [0.3, 0.4) is 0 Å². The quantitative estimate of drug-likeness (QED) is 0.597. The number of benzodiazepines with no additional fused rings is 1. The predicted octanol–water partition coefficient (Wildman–Crippen LogP) is 0.344. The van der Waals surface area contributed by atoms with Gasteiger partial charge in [-0.3, -0.25) is 9.79 Å². The zero-order valence-electron chi connectivity index (χ0n) is 6.95. The second kappa shape index (κ2) is 2.90. The summed E-state index contributed by atoms with van der Waals surface area (Å²) in [7, 11) is 0. The van der Waals surface area contributed by atoms with E-state index in [1.54, 1.807) is 6.07 Å². The maximum Gasteiger partial charge on any atom is 0.246 e. The number of nitrogens with zero attached hydrogens (tertiary/aromatic N) is 1. The third-order valence-electron chi connectivity index (χ3n) is 1.87. The van der Waals surface area contributed by atoms with Crippen molar-refractivity contribution in [2.45, 2.75) is 0 Å². The first-order chi connectivity index (χ1) is 6.27. The van der Waals surface area contributed by atoms with Gasteiger partial charge in [-0.05, 0) is 12.1 Å². The number of carbonyl (C=O) groups is 1. The molecule has 0 saturated heterocycles. The predicted molar refractivity (Wildman–Crippen MR) is 50.7 cm³/mol. The number of carbonyl (C=O) groups excluding carboxylic acids is 1. The number of amidine groups is 1. The number of anilines is 1. The molecule has 0 spiro atoms. The first kappa shape index (κ1) is 7.79. The molecule has 0 saturated carbocycles. The Morgan fingerprint density at radius 3 is 3.00 bits per heavy atom. The van der Waals surface area contributed by atoms with Gasteiger partial charge in [-0.1, -0.05) is 12.1 Å². The summed E-state index contributed by atoms with van der Waals surface area (Å²) in [5.74, 6) is 0.279. The van der Waals surface area contributed by atoms with E-state index in [0.29, 0.717) is 5.84 Å². The van der Waals surface area contributed by atoms with Gasteiger partial charge in [0.25, 0.3) is 0 Å². The number of benzene rings is 1. The van der Waals surface area contributed by atoms with E-state index in [0.717, 1.165) is 11.3 Å². The SMILES string of the molecule is NC1=NCC(=O)Nc2ccccc21. The third-order valence-corrected chi connectivity index (χ3v) is 1.87. The van der Waals surface area contributed by atoms with Gasteiger partial charge in [0.15, 0.2) is 0 Å². The number of rotatable bonds is 0. The average Bonchev–Trinajstić information content (AvgIpc) is 2.27. The first-order valence-electron chi connectivity index (χ1n) is 3.96. The Labute approximate surface area is 75.5 Å². The molecule has 4 nitrogen and oxygen atoms in total. The van der Waals surface area contributed by atoms with Crippen molar-refractivity contribution in [3.05, 3.63) is 29.8 Å². The van der Waals surface area contributed by atoms with Gasteiger partial charge in [-0.15, -0.1) is 0 Å². The molecule has 3 N–H and O–H groups in total. The Morgan fingerprint density at radius 2 is 2.15 bits per heavy atom. The third kappa shape index (κ3) is 1.38. The van der Waals surface area contributed by atoms with Crippen molar-refractivity contribution in [1.82, 2.24) is 0 Å². The molecule has 1 aromatic carbocycles. The van der Waals surface area contributed by atoms with Gasteiger partial charge in [0.05, 0.1) is 5.69 Å². The van der Waals surface area contributed by atoms with Crippen LogP contribution < -0.4 is 11.1 Å². The number of hydrogen-bond acceptors (Lipinski definition) is 3. The zero-order chi connectivity index (χ0) is 9.26. The Kier molecular flexibility index (Phi) is 1.73. The van der Waals surface area contributed by atoms with E-state index in [1.165, 1.54) is 0 Å². The number of amides is 1. The number of aliphatic imine (C=N–C) groups is 1. The van der Waals surface area contributed by atoms with Crippen molar-refractivity contribution in [2.24, 2.45) is 10.7 Å². The molecule has 13 heavy (non-hydrogen) atoms. The number of nitrogens with one attached hydrogen (secondary N) is 1. The summed E-state index contributed by atoms with van der Waals surface area (Å²) in [5.41, 5.74) is 7.18. The van der Waals surface area contributed by atoms with Gasteiger partial charge < -0.3 is 11.1 Å². The maximum atomic E-state index is 11.1. The standard InChI is InChI=1S/C9H9N3O/c10-9-6-3-1-2-4-7(6)12-8(13)5-11-9/h1-4H,5H2,(H2,10,11)(H,12,13). The summed E-state index contributed by atoms with van der Waals surface area (Å²) in [6.45, 7) is 0.0977. The molecule has 1 aromatic rings. The summed E-state index contributed by atoms with van der Waals surface area (Å²) in [6, 6.07) is 7.34. The molecule has 1 aliphatic rings. The Hall–Kier alpha value is -1.84. The molecule has 0 unspecified atom stereocenters. The molecule has 0 bridgehead atoms. The highest BCUT2D eigenvalue weighted by molar-refractivity contribution is 6.09. The van der Waals surface area contributed by atoms with Crippen LogP contribution in [0.25, 0.3) is 0 Å². The number of hydrogen-bond donors (Lipinski definition) is 2. The molecular weight excluding hydrogens is 166 g/mol. The van der Waals surface area contributed by atoms with Crippen LogP contribution in [0.5, 0.6) is 0 Å². The van der Waals surface area contributed by atoms with Gasteiger partial charge >= 0.3 is 0 Å². The Morgan fingerprint density at radius 1 is 1.38 bits per heavy atom. The number of para-hydroxylation sites is 1.